The van der Waals surface area contributed by atoms with Crippen LogP contribution in [0.3, 0.4) is 0 Å². The number of nitrogens with zero attached hydrogens (tertiary/aromatic N) is 2. The number of halogens is 1. The highest BCUT2D eigenvalue weighted by Crippen LogP contribution is 2.28. The monoisotopic (exact) mass is 344 g/mol. The van der Waals surface area contributed by atoms with Crippen molar-refractivity contribution in [2.75, 3.05) is 39.8 Å². The van der Waals surface area contributed by atoms with E-state index in [2.05, 4.69) is 16.0 Å². The van der Waals surface area contributed by atoms with E-state index >= 15 is 0 Å². The summed E-state index contributed by atoms with van der Waals surface area (Å²) in [7, 11) is 1.80. The summed E-state index contributed by atoms with van der Waals surface area (Å²) in [5, 5.41) is 13.1. The summed E-state index contributed by atoms with van der Waals surface area (Å²) in [4.78, 5) is 12.9. The number of fused-ring (bicyclic) bond motifs is 1. The van der Waals surface area contributed by atoms with Crippen LogP contribution in [0.25, 0.3) is 0 Å². The van der Waals surface area contributed by atoms with E-state index in [4.69, 9.17) is 10.5 Å². The molecule has 6 atom stereocenters. The lowest BCUT2D eigenvalue weighted by molar-refractivity contribution is -0.129. The van der Waals surface area contributed by atoms with E-state index in [1.165, 1.54) is 0 Å². The minimum Gasteiger partial charge on any atom is -0.376 e. The molecule has 3 rings (SSSR count). The van der Waals surface area contributed by atoms with E-state index in [-0.39, 0.29) is 37.3 Å². The van der Waals surface area contributed by atoms with Gasteiger partial charge in [-0.15, -0.1) is 0 Å². The van der Waals surface area contributed by atoms with Gasteiger partial charge in [-0.25, -0.2) is 14.4 Å². The molecular formula is C15H29FN6O2. The quantitative estimate of drug-likeness (QED) is 0.478. The number of hydrogen-bond donors (Lipinski definition) is 4. The molecule has 6 unspecified atom stereocenters. The minimum atomic E-state index is -0.956. The van der Waals surface area contributed by atoms with Gasteiger partial charge in [-0.1, -0.05) is 0 Å². The first-order valence-electron chi connectivity index (χ1n) is 8.78. The lowest BCUT2D eigenvalue weighted by atomic mass is 9.98. The highest BCUT2D eigenvalue weighted by Gasteiger charge is 2.50. The number of hydrazine groups is 1. The molecule has 3 saturated heterocycles. The van der Waals surface area contributed by atoms with E-state index in [1.54, 1.807) is 12.1 Å². The molecule has 5 N–H and O–H groups in total. The summed E-state index contributed by atoms with van der Waals surface area (Å²) < 4.78 is 19.4. The molecule has 3 aliphatic rings. The third-order valence-corrected chi connectivity index (χ3v) is 5.23. The SMILES string of the molecule is CCOC1CCNCC1NC(=O)C1C(N)N(C)N2CC(F)CNC12. The Morgan fingerprint density at radius 2 is 2.25 bits per heavy atom. The zero-order valence-electron chi connectivity index (χ0n) is 14.4. The third kappa shape index (κ3) is 3.42. The zero-order chi connectivity index (χ0) is 17.3. The molecule has 0 saturated carbocycles. The van der Waals surface area contributed by atoms with Crippen molar-refractivity contribution in [3.63, 3.8) is 0 Å². The van der Waals surface area contributed by atoms with Gasteiger partial charge in [0.25, 0.3) is 0 Å². The number of alkyl halides is 1. The van der Waals surface area contributed by atoms with Crippen LogP contribution >= 0.6 is 0 Å². The number of ether oxygens (including phenoxy) is 1. The molecular weight excluding hydrogens is 315 g/mol. The highest BCUT2D eigenvalue weighted by molar-refractivity contribution is 5.80. The van der Waals surface area contributed by atoms with Gasteiger partial charge in [0, 0.05) is 33.3 Å². The lowest BCUT2D eigenvalue weighted by Crippen LogP contribution is -2.61. The van der Waals surface area contributed by atoms with Crippen LogP contribution in [0.1, 0.15) is 13.3 Å². The van der Waals surface area contributed by atoms with Crippen LogP contribution in [0.4, 0.5) is 4.39 Å². The first-order chi connectivity index (χ1) is 11.5. The second-order valence-electron chi connectivity index (χ2n) is 6.76. The number of nitrogens with two attached hydrogens (primary N) is 1. The summed E-state index contributed by atoms with van der Waals surface area (Å²) >= 11 is 0. The third-order valence-electron chi connectivity index (χ3n) is 5.23. The Morgan fingerprint density at radius 3 is 3.00 bits per heavy atom. The van der Waals surface area contributed by atoms with Crippen LogP contribution in [-0.2, 0) is 9.53 Å². The smallest absolute Gasteiger partial charge is 0.229 e. The van der Waals surface area contributed by atoms with Gasteiger partial charge in [-0.2, -0.15) is 0 Å². The molecule has 3 fully saturated rings. The molecule has 0 aromatic rings. The van der Waals surface area contributed by atoms with Crippen molar-refractivity contribution >= 4 is 5.91 Å². The van der Waals surface area contributed by atoms with Gasteiger partial charge in [-0.05, 0) is 19.9 Å². The molecule has 3 aliphatic heterocycles. The Bertz CT molecular complexity index is 454. The number of carbonyl (C=O) groups is 1. The van der Waals surface area contributed by atoms with Gasteiger partial charge in [0.2, 0.25) is 5.91 Å². The van der Waals surface area contributed by atoms with Crippen LogP contribution in [0.5, 0.6) is 0 Å². The molecule has 0 aromatic carbocycles. The molecule has 0 aromatic heterocycles. The molecule has 8 nitrogen and oxygen atoms in total. The van der Waals surface area contributed by atoms with Crippen molar-refractivity contribution in [1.29, 1.82) is 0 Å². The summed E-state index contributed by atoms with van der Waals surface area (Å²) in [6.07, 6.45) is -0.815. The van der Waals surface area contributed by atoms with Crippen LogP contribution in [0, 0.1) is 5.92 Å². The summed E-state index contributed by atoms with van der Waals surface area (Å²) in [6, 6.07) is -0.0738. The largest absolute Gasteiger partial charge is 0.376 e. The number of rotatable bonds is 4. The molecule has 3 heterocycles. The van der Waals surface area contributed by atoms with Crippen LogP contribution in [0.2, 0.25) is 0 Å². The first kappa shape index (κ1) is 18.0. The fourth-order valence-corrected chi connectivity index (χ4v) is 3.93. The molecule has 0 bridgehead atoms. The van der Waals surface area contributed by atoms with Gasteiger partial charge in [0.15, 0.2) is 0 Å². The summed E-state index contributed by atoms with van der Waals surface area (Å²) in [6.45, 7) is 4.66. The summed E-state index contributed by atoms with van der Waals surface area (Å²) in [5.74, 6) is -0.559. The lowest BCUT2D eigenvalue weighted by Gasteiger charge is -2.37. The summed E-state index contributed by atoms with van der Waals surface area (Å²) in [5.41, 5.74) is 6.24. The van der Waals surface area contributed by atoms with Gasteiger partial charge in [-0.3, -0.25) is 10.1 Å². The Hall–Kier alpha value is -0.840. The van der Waals surface area contributed by atoms with E-state index in [1.807, 2.05) is 11.9 Å². The van der Waals surface area contributed by atoms with Gasteiger partial charge >= 0.3 is 0 Å². The Morgan fingerprint density at radius 1 is 1.46 bits per heavy atom. The van der Waals surface area contributed by atoms with Gasteiger partial charge < -0.3 is 21.1 Å². The minimum absolute atomic E-state index is 0.0150. The molecule has 138 valence electrons. The molecule has 0 spiro atoms. The van der Waals surface area contributed by atoms with E-state index in [0.29, 0.717) is 13.2 Å². The average molecular weight is 344 g/mol. The Labute approximate surface area is 142 Å². The predicted molar refractivity (Wildman–Crippen MR) is 87.5 cm³/mol. The van der Waals surface area contributed by atoms with Crippen LogP contribution < -0.4 is 21.7 Å². The number of nitrogens with one attached hydrogen (secondary N) is 3. The van der Waals surface area contributed by atoms with E-state index in [0.717, 1.165) is 13.0 Å². The molecule has 0 radical (unpaired) electrons. The Balaban J connectivity index is 1.67. The van der Waals surface area contributed by atoms with Gasteiger partial charge in [0.05, 0.1) is 30.4 Å². The maximum atomic E-state index is 13.7. The standard InChI is InChI=1S/C15H29FN6O2/c1-3-24-11-4-5-18-7-10(11)20-15(23)12-13(17)21(2)22-8-9(16)6-19-14(12)22/h9-14,18-19H,3-8,17H2,1-2H3,(H,20,23). The zero-order valence-corrected chi connectivity index (χ0v) is 14.4. The maximum Gasteiger partial charge on any atom is 0.229 e. The van der Waals surface area contributed by atoms with Crippen LogP contribution in [-0.4, -0.2) is 86.4 Å². The fraction of sp³-hybridized carbons (Fsp3) is 0.933. The molecule has 0 aliphatic carbocycles. The van der Waals surface area contributed by atoms with Crippen molar-refractivity contribution in [1.82, 2.24) is 26.0 Å². The second kappa shape index (κ2) is 7.59. The van der Waals surface area contributed by atoms with Gasteiger partial charge in [0.1, 0.15) is 6.17 Å². The molecule has 1 amide bonds. The predicted octanol–water partition coefficient (Wildman–Crippen LogP) is -1.80. The second-order valence-corrected chi connectivity index (χ2v) is 6.76. The van der Waals surface area contributed by atoms with E-state index in [9.17, 15) is 9.18 Å². The average Bonchev–Trinajstić information content (AvgIpc) is 2.81. The number of amides is 1. The number of piperidine rings is 1. The number of carbonyl (C=O) groups excluding carboxylic acids is 1. The van der Waals surface area contributed by atoms with Crippen molar-refractivity contribution in [2.45, 2.75) is 44.0 Å². The molecule has 24 heavy (non-hydrogen) atoms. The maximum absolute atomic E-state index is 13.7. The normalized spacial score (nSPS) is 41.2. The highest BCUT2D eigenvalue weighted by atomic mass is 19.1. The van der Waals surface area contributed by atoms with E-state index < -0.39 is 18.3 Å². The van der Waals surface area contributed by atoms with Crippen molar-refractivity contribution in [2.24, 2.45) is 11.7 Å². The molecule has 9 heteroatoms. The topological polar surface area (TPSA) is 94.9 Å². The van der Waals surface area contributed by atoms with Crippen molar-refractivity contribution in [3.8, 4) is 0 Å². The Kier molecular flexibility index (Phi) is 5.68. The van der Waals surface area contributed by atoms with Crippen molar-refractivity contribution < 1.29 is 13.9 Å². The first-order valence-corrected chi connectivity index (χ1v) is 8.78. The van der Waals surface area contributed by atoms with Crippen LogP contribution in [0.15, 0.2) is 0 Å². The van der Waals surface area contributed by atoms with Crippen molar-refractivity contribution in [3.05, 3.63) is 0 Å². The number of hydrogen-bond acceptors (Lipinski definition) is 7. The fourth-order valence-electron chi connectivity index (χ4n) is 3.93.